The van der Waals surface area contributed by atoms with Crippen LogP contribution in [-0.4, -0.2) is 6.54 Å². The lowest BCUT2D eigenvalue weighted by Gasteiger charge is -2.07. The lowest BCUT2D eigenvalue weighted by Crippen LogP contribution is -2.12. The quantitative estimate of drug-likeness (QED) is 0.864. The number of aryl methyl sites for hydroxylation is 1. The third kappa shape index (κ3) is 2.73. The van der Waals surface area contributed by atoms with Crippen LogP contribution in [0.25, 0.3) is 10.4 Å². The van der Waals surface area contributed by atoms with Gasteiger partial charge in [0.25, 0.3) is 0 Å². The lowest BCUT2D eigenvalue weighted by molar-refractivity contribution is 0.594. The van der Waals surface area contributed by atoms with Gasteiger partial charge in [-0.3, -0.25) is 0 Å². The number of hydrogen-bond donors (Lipinski definition) is 1. The first kappa shape index (κ1) is 12.3. The van der Waals surface area contributed by atoms with Crippen LogP contribution in [0.2, 0.25) is 0 Å². The molecular weight excluding hydrogens is 233 g/mol. The molecule has 0 aliphatic rings. The van der Waals surface area contributed by atoms with Crippen molar-refractivity contribution >= 4 is 11.3 Å². The first-order valence-electron chi connectivity index (χ1n) is 5.76. The highest BCUT2D eigenvalue weighted by molar-refractivity contribution is 7.13. The van der Waals surface area contributed by atoms with Crippen LogP contribution in [0.3, 0.4) is 0 Å². The van der Waals surface area contributed by atoms with Crippen molar-refractivity contribution in [3.05, 3.63) is 46.6 Å². The van der Waals surface area contributed by atoms with E-state index in [4.69, 9.17) is 0 Å². The van der Waals surface area contributed by atoms with Gasteiger partial charge < -0.3 is 5.32 Å². The average molecular weight is 249 g/mol. The SMILES string of the molecule is CCNCc1cc(-c2sccc2C)ccc1F. The van der Waals surface area contributed by atoms with Crippen LogP contribution in [0, 0.1) is 12.7 Å². The van der Waals surface area contributed by atoms with E-state index in [-0.39, 0.29) is 5.82 Å². The molecular formula is C14H16FNS. The van der Waals surface area contributed by atoms with Crippen molar-refractivity contribution < 1.29 is 4.39 Å². The molecule has 0 radical (unpaired) electrons. The summed E-state index contributed by atoms with van der Waals surface area (Å²) in [4.78, 5) is 1.22. The molecule has 90 valence electrons. The van der Waals surface area contributed by atoms with Gasteiger partial charge in [0.2, 0.25) is 0 Å². The molecule has 1 nitrogen and oxygen atoms in total. The van der Waals surface area contributed by atoms with E-state index in [1.807, 2.05) is 19.1 Å². The van der Waals surface area contributed by atoms with Gasteiger partial charge in [-0.05, 0) is 48.2 Å². The van der Waals surface area contributed by atoms with Crippen LogP contribution in [0.4, 0.5) is 4.39 Å². The van der Waals surface area contributed by atoms with Gasteiger partial charge >= 0.3 is 0 Å². The zero-order valence-corrected chi connectivity index (χ0v) is 10.9. The van der Waals surface area contributed by atoms with E-state index in [0.717, 1.165) is 17.7 Å². The summed E-state index contributed by atoms with van der Waals surface area (Å²) in [6.45, 7) is 5.53. The van der Waals surface area contributed by atoms with E-state index < -0.39 is 0 Å². The van der Waals surface area contributed by atoms with Crippen LogP contribution < -0.4 is 5.32 Å². The third-order valence-corrected chi connectivity index (χ3v) is 3.80. The topological polar surface area (TPSA) is 12.0 Å². The van der Waals surface area contributed by atoms with E-state index in [1.54, 1.807) is 17.4 Å². The number of halogens is 1. The summed E-state index contributed by atoms with van der Waals surface area (Å²) < 4.78 is 13.6. The highest BCUT2D eigenvalue weighted by Crippen LogP contribution is 2.30. The Balaban J connectivity index is 2.34. The molecule has 0 amide bonds. The van der Waals surface area contributed by atoms with Crippen LogP contribution in [0.5, 0.6) is 0 Å². The molecule has 1 aromatic carbocycles. The second kappa shape index (κ2) is 5.43. The molecule has 1 heterocycles. The zero-order chi connectivity index (χ0) is 12.3. The van der Waals surface area contributed by atoms with Crippen LogP contribution >= 0.6 is 11.3 Å². The first-order chi connectivity index (χ1) is 8.22. The third-order valence-electron chi connectivity index (χ3n) is 2.74. The van der Waals surface area contributed by atoms with Crippen LogP contribution in [0.15, 0.2) is 29.6 Å². The summed E-state index contributed by atoms with van der Waals surface area (Å²) in [5.74, 6) is -0.135. The van der Waals surface area contributed by atoms with E-state index in [9.17, 15) is 4.39 Å². The smallest absolute Gasteiger partial charge is 0.127 e. The molecule has 1 N–H and O–H groups in total. The summed E-state index contributed by atoms with van der Waals surface area (Å²) in [6.07, 6.45) is 0. The Morgan fingerprint density at radius 2 is 2.12 bits per heavy atom. The van der Waals surface area contributed by atoms with E-state index in [2.05, 4.69) is 23.7 Å². The summed E-state index contributed by atoms with van der Waals surface area (Å²) in [5.41, 5.74) is 3.08. The number of benzene rings is 1. The molecule has 0 atom stereocenters. The molecule has 0 spiro atoms. The minimum atomic E-state index is -0.135. The average Bonchev–Trinajstić information content (AvgIpc) is 2.75. The van der Waals surface area contributed by atoms with Gasteiger partial charge in [-0.2, -0.15) is 0 Å². The number of nitrogens with one attached hydrogen (secondary N) is 1. The Morgan fingerprint density at radius 3 is 2.76 bits per heavy atom. The lowest BCUT2D eigenvalue weighted by atomic mass is 10.1. The van der Waals surface area contributed by atoms with Crippen molar-refractivity contribution in [3.63, 3.8) is 0 Å². The van der Waals surface area contributed by atoms with Crippen molar-refractivity contribution in [2.75, 3.05) is 6.54 Å². The Morgan fingerprint density at radius 1 is 1.29 bits per heavy atom. The molecule has 2 rings (SSSR count). The predicted molar refractivity (Wildman–Crippen MR) is 71.8 cm³/mol. The van der Waals surface area contributed by atoms with E-state index in [0.29, 0.717) is 6.54 Å². The molecule has 0 unspecified atom stereocenters. The maximum absolute atomic E-state index is 13.6. The number of rotatable bonds is 4. The number of thiophene rings is 1. The maximum Gasteiger partial charge on any atom is 0.127 e. The van der Waals surface area contributed by atoms with Gasteiger partial charge in [-0.25, -0.2) is 4.39 Å². The standard InChI is InChI=1S/C14H16FNS/c1-3-16-9-12-8-11(4-5-13(12)15)14-10(2)6-7-17-14/h4-8,16H,3,9H2,1-2H3. The molecule has 0 saturated heterocycles. The van der Waals surface area contributed by atoms with Crippen molar-refractivity contribution in [3.8, 4) is 10.4 Å². The monoisotopic (exact) mass is 249 g/mol. The highest BCUT2D eigenvalue weighted by Gasteiger charge is 2.07. The van der Waals surface area contributed by atoms with Gasteiger partial charge in [0.05, 0.1) is 0 Å². The second-order valence-electron chi connectivity index (χ2n) is 4.02. The second-order valence-corrected chi connectivity index (χ2v) is 4.94. The van der Waals surface area contributed by atoms with Crippen molar-refractivity contribution in [1.82, 2.24) is 5.32 Å². The van der Waals surface area contributed by atoms with E-state index >= 15 is 0 Å². The Labute approximate surface area is 105 Å². The molecule has 0 bridgehead atoms. The predicted octanol–water partition coefficient (Wildman–Crippen LogP) is 3.97. The van der Waals surface area contributed by atoms with Crippen molar-refractivity contribution in [1.29, 1.82) is 0 Å². The fourth-order valence-electron chi connectivity index (χ4n) is 1.78. The van der Waals surface area contributed by atoms with Crippen molar-refractivity contribution in [2.45, 2.75) is 20.4 Å². The normalized spacial score (nSPS) is 10.8. The Hall–Kier alpha value is -1.19. The molecule has 0 saturated carbocycles. The maximum atomic E-state index is 13.6. The molecule has 0 aliphatic carbocycles. The fourth-order valence-corrected chi connectivity index (χ4v) is 2.70. The summed E-state index contributed by atoms with van der Waals surface area (Å²) in [6, 6.07) is 7.44. The van der Waals surface area contributed by atoms with Gasteiger partial charge in [-0.15, -0.1) is 11.3 Å². The summed E-state index contributed by atoms with van der Waals surface area (Å²) in [7, 11) is 0. The minimum absolute atomic E-state index is 0.135. The molecule has 17 heavy (non-hydrogen) atoms. The van der Waals surface area contributed by atoms with Gasteiger partial charge in [-0.1, -0.05) is 13.0 Å². The minimum Gasteiger partial charge on any atom is -0.313 e. The summed E-state index contributed by atoms with van der Waals surface area (Å²) >= 11 is 1.70. The van der Waals surface area contributed by atoms with Gasteiger partial charge in [0.15, 0.2) is 0 Å². The van der Waals surface area contributed by atoms with E-state index in [1.165, 1.54) is 10.4 Å². The number of hydrogen-bond acceptors (Lipinski definition) is 2. The molecule has 1 aromatic heterocycles. The van der Waals surface area contributed by atoms with Crippen LogP contribution in [-0.2, 0) is 6.54 Å². The Bertz CT molecular complexity index is 505. The highest BCUT2D eigenvalue weighted by atomic mass is 32.1. The molecule has 0 fully saturated rings. The first-order valence-corrected chi connectivity index (χ1v) is 6.64. The molecule has 2 aromatic rings. The van der Waals surface area contributed by atoms with Crippen molar-refractivity contribution in [2.24, 2.45) is 0 Å². The van der Waals surface area contributed by atoms with Gasteiger partial charge in [0, 0.05) is 17.0 Å². The van der Waals surface area contributed by atoms with Crippen LogP contribution in [0.1, 0.15) is 18.1 Å². The largest absolute Gasteiger partial charge is 0.313 e. The zero-order valence-electron chi connectivity index (χ0n) is 10.1. The van der Waals surface area contributed by atoms with Gasteiger partial charge in [0.1, 0.15) is 5.82 Å². The fraction of sp³-hybridized carbons (Fsp3) is 0.286. The summed E-state index contributed by atoms with van der Waals surface area (Å²) in [5, 5.41) is 5.22. The molecule has 0 aliphatic heterocycles. The Kier molecular flexibility index (Phi) is 3.92. The molecule has 3 heteroatoms.